The van der Waals surface area contributed by atoms with Crippen molar-refractivity contribution in [3.63, 3.8) is 0 Å². The number of aryl methyl sites for hydroxylation is 1. The van der Waals surface area contributed by atoms with E-state index in [9.17, 15) is 24.3 Å². The Kier molecular flexibility index (Phi) is 6.91. The Morgan fingerprint density at radius 3 is 2.53 bits per heavy atom. The summed E-state index contributed by atoms with van der Waals surface area (Å²) in [5.74, 6) is -0.865. The third-order valence-corrected chi connectivity index (χ3v) is 5.24. The van der Waals surface area contributed by atoms with Crippen LogP contribution >= 0.6 is 0 Å². The highest BCUT2D eigenvalue weighted by atomic mass is 19.1. The molecule has 0 bridgehead atoms. The van der Waals surface area contributed by atoms with Crippen molar-refractivity contribution in [1.82, 2.24) is 14.9 Å². The fourth-order valence-electron chi connectivity index (χ4n) is 3.10. The average Bonchev–Trinajstić information content (AvgIpc) is 2.79. The topological polar surface area (TPSA) is 149 Å². The molecule has 1 aromatic rings. The maximum absolute atomic E-state index is 15.6. The van der Waals surface area contributed by atoms with Gasteiger partial charge in [0, 0.05) is 11.8 Å². The lowest BCUT2D eigenvalue weighted by molar-refractivity contribution is -0.155. The van der Waals surface area contributed by atoms with Gasteiger partial charge in [-0.3, -0.25) is 14.3 Å². The summed E-state index contributed by atoms with van der Waals surface area (Å²) in [6.45, 7) is 9.41. The smallest absolute Gasteiger partial charge is 0.408 e. The number of alkyl carbamates (subject to hydrolysis) is 1. The third-order valence-electron chi connectivity index (χ3n) is 5.24. The van der Waals surface area contributed by atoms with Gasteiger partial charge in [-0.25, -0.2) is 18.8 Å². The Morgan fingerprint density at radius 1 is 1.38 bits per heavy atom. The number of nitrogens with one attached hydrogen (secondary N) is 2. The predicted molar refractivity (Wildman–Crippen MR) is 110 cm³/mol. The summed E-state index contributed by atoms with van der Waals surface area (Å²) in [5.41, 5.74) is -6.82. The summed E-state index contributed by atoms with van der Waals surface area (Å²) in [6, 6.07) is -1.09. The SMILES string of the molecule is Cc1cn(C2O[C@H](COC(=O)C(C)NC(=O)OC(C)(C)C)C(C)(O)[C@@]2(C)F)c(=O)[nH]c1=O. The normalized spacial score (nSPS) is 28.8. The molecule has 2 rings (SSSR count). The van der Waals surface area contributed by atoms with Crippen molar-refractivity contribution in [2.75, 3.05) is 6.61 Å². The van der Waals surface area contributed by atoms with Crippen LogP contribution in [0.5, 0.6) is 0 Å². The van der Waals surface area contributed by atoms with Gasteiger partial charge in [0.1, 0.15) is 30.0 Å². The third kappa shape index (κ3) is 5.18. The zero-order chi connectivity index (χ0) is 24.6. The Hall–Kier alpha value is -2.73. The predicted octanol–water partition coefficient (Wildman–Crippen LogP) is 0.678. The first-order valence-electron chi connectivity index (χ1n) is 10.0. The molecule has 0 aliphatic carbocycles. The van der Waals surface area contributed by atoms with Gasteiger partial charge in [-0.15, -0.1) is 0 Å². The Balaban J connectivity index is 2.12. The molecule has 0 saturated carbocycles. The van der Waals surface area contributed by atoms with Crippen molar-refractivity contribution in [3.8, 4) is 0 Å². The number of aromatic amines is 1. The van der Waals surface area contributed by atoms with E-state index < -0.39 is 65.2 Å². The highest BCUT2D eigenvalue weighted by molar-refractivity contribution is 5.81. The average molecular weight is 459 g/mol. The zero-order valence-corrected chi connectivity index (χ0v) is 19.1. The molecule has 1 saturated heterocycles. The molecule has 1 aliphatic rings. The second kappa shape index (κ2) is 8.66. The number of ether oxygens (including phenoxy) is 3. The quantitative estimate of drug-likeness (QED) is 0.544. The molecular weight excluding hydrogens is 429 g/mol. The van der Waals surface area contributed by atoms with Gasteiger partial charge in [-0.1, -0.05) is 0 Å². The highest BCUT2D eigenvalue weighted by Crippen LogP contribution is 2.47. The molecule has 3 unspecified atom stereocenters. The lowest BCUT2D eigenvalue weighted by Gasteiger charge is -2.33. The summed E-state index contributed by atoms with van der Waals surface area (Å²) in [5, 5.41) is 13.1. The zero-order valence-electron chi connectivity index (χ0n) is 19.1. The second-order valence-corrected chi connectivity index (χ2v) is 9.18. The van der Waals surface area contributed by atoms with Gasteiger partial charge in [0.05, 0.1) is 0 Å². The minimum absolute atomic E-state index is 0.139. The lowest BCUT2D eigenvalue weighted by Crippen LogP contribution is -2.53. The van der Waals surface area contributed by atoms with E-state index in [0.717, 1.165) is 24.6 Å². The van der Waals surface area contributed by atoms with Gasteiger partial charge >= 0.3 is 17.8 Å². The van der Waals surface area contributed by atoms with E-state index in [2.05, 4.69) is 5.32 Å². The highest BCUT2D eigenvalue weighted by Gasteiger charge is 2.63. The number of esters is 1. The number of alkyl halides is 1. The summed E-state index contributed by atoms with van der Waals surface area (Å²) < 4.78 is 32.1. The van der Waals surface area contributed by atoms with Gasteiger partial charge in [-0.05, 0) is 48.5 Å². The minimum atomic E-state index is -2.49. The van der Waals surface area contributed by atoms with Crippen LogP contribution in [0.2, 0.25) is 0 Å². The molecule has 0 radical (unpaired) electrons. The van der Waals surface area contributed by atoms with Crippen LogP contribution < -0.4 is 16.6 Å². The molecule has 0 spiro atoms. The lowest BCUT2D eigenvalue weighted by atomic mass is 9.84. The van der Waals surface area contributed by atoms with E-state index in [0.29, 0.717) is 0 Å². The molecule has 1 aliphatic heterocycles. The number of aliphatic hydroxyl groups is 1. The van der Waals surface area contributed by atoms with E-state index in [1.54, 1.807) is 20.8 Å². The van der Waals surface area contributed by atoms with E-state index in [1.807, 2.05) is 4.98 Å². The van der Waals surface area contributed by atoms with Crippen LogP contribution in [0.3, 0.4) is 0 Å². The Labute approximate surface area is 183 Å². The Bertz CT molecular complexity index is 992. The number of carbonyl (C=O) groups excluding carboxylic acids is 2. The number of hydrogen-bond donors (Lipinski definition) is 3. The summed E-state index contributed by atoms with van der Waals surface area (Å²) in [4.78, 5) is 49.9. The molecular formula is C20H30FN3O8. The van der Waals surface area contributed by atoms with Gasteiger partial charge in [-0.2, -0.15) is 0 Å². The molecule has 11 nitrogen and oxygen atoms in total. The standard InChI is InChI=1S/C20H30FN3O8/c1-10-8-24(16(27)23-13(10)25)15-19(6,21)20(7,29)12(31-15)9-30-14(26)11(2)22-17(28)32-18(3,4)5/h8,11-12,15,29H,9H2,1-7H3,(H,22,28)(H,23,25,27)/t11?,12-,15?,19+,20?/m1/s1. The molecule has 180 valence electrons. The molecule has 2 heterocycles. The van der Waals surface area contributed by atoms with Gasteiger partial charge in [0.15, 0.2) is 11.9 Å². The Morgan fingerprint density at radius 2 is 1.97 bits per heavy atom. The summed E-state index contributed by atoms with van der Waals surface area (Å²) in [7, 11) is 0. The van der Waals surface area contributed by atoms with E-state index in [4.69, 9.17) is 14.2 Å². The number of hydrogen-bond acceptors (Lipinski definition) is 8. The van der Waals surface area contributed by atoms with Crippen molar-refractivity contribution in [3.05, 3.63) is 32.6 Å². The maximum atomic E-state index is 15.6. The van der Waals surface area contributed by atoms with Crippen LogP contribution in [0.4, 0.5) is 9.18 Å². The molecule has 1 amide bonds. The molecule has 12 heteroatoms. The largest absolute Gasteiger partial charge is 0.461 e. The van der Waals surface area contributed by atoms with Crippen LogP contribution in [0, 0.1) is 6.92 Å². The van der Waals surface area contributed by atoms with E-state index in [-0.39, 0.29) is 5.56 Å². The van der Waals surface area contributed by atoms with Crippen LogP contribution in [-0.4, -0.2) is 62.3 Å². The number of H-pyrrole nitrogens is 1. The van der Waals surface area contributed by atoms with Crippen molar-refractivity contribution in [1.29, 1.82) is 0 Å². The number of aromatic nitrogens is 2. The van der Waals surface area contributed by atoms with Crippen LogP contribution in [-0.2, 0) is 19.0 Å². The van der Waals surface area contributed by atoms with Crippen molar-refractivity contribution >= 4 is 12.1 Å². The van der Waals surface area contributed by atoms with Crippen LogP contribution in [0.1, 0.15) is 53.3 Å². The molecule has 1 fully saturated rings. The first-order valence-corrected chi connectivity index (χ1v) is 10.0. The van der Waals surface area contributed by atoms with E-state index >= 15 is 4.39 Å². The fraction of sp³-hybridized carbons (Fsp3) is 0.700. The number of nitrogens with zero attached hydrogens (tertiary/aromatic N) is 1. The fourth-order valence-corrected chi connectivity index (χ4v) is 3.10. The van der Waals surface area contributed by atoms with Crippen molar-refractivity contribution < 1.29 is 33.3 Å². The minimum Gasteiger partial charge on any atom is -0.461 e. The number of amides is 1. The summed E-state index contributed by atoms with van der Waals surface area (Å²) in [6.07, 6.45) is -2.64. The monoisotopic (exact) mass is 459 g/mol. The van der Waals surface area contributed by atoms with E-state index in [1.165, 1.54) is 13.8 Å². The molecule has 0 aromatic carbocycles. The maximum Gasteiger partial charge on any atom is 0.408 e. The van der Waals surface area contributed by atoms with Crippen LogP contribution in [0.15, 0.2) is 15.8 Å². The molecule has 5 atom stereocenters. The summed E-state index contributed by atoms with van der Waals surface area (Å²) >= 11 is 0. The number of rotatable bonds is 5. The van der Waals surface area contributed by atoms with Gasteiger partial charge in [0.2, 0.25) is 0 Å². The number of carbonyl (C=O) groups is 2. The second-order valence-electron chi connectivity index (χ2n) is 9.18. The molecule has 3 N–H and O–H groups in total. The van der Waals surface area contributed by atoms with Gasteiger partial charge in [0.25, 0.3) is 5.56 Å². The van der Waals surface area contributed by atoms with Crippen LogP contribution in [0.25, 0.3) is 0 Å². The first-order chi connectivity index (χ1) is 14.5. The molecule has 1 aromatic heterocycles. The van der Waals surface area contributed by atoms with Gasteiger partial charge < -0.3 is 24.6 Å². The van der Waals surface area contributed by atoms with Crippen molar-refractivity contribution in [2.24, 2.45) is 0 Å². The number of halogens is 1. The molecule has 32 heavy (non-hydrogen) atoms. The first kappa shape index (κ1) is 25.5. The van der Waals surface area contributed by atoms with Crippen molar-refractivity contribution in [2.45, 2.75) is 83.7 Å².